The zero-order valence-corrected chi connectivity index (χ0v) is 11.6. The van der Waals surface area contributed by atoms with Gasteiger partial charge in [-0.15, -0.1) is 0 Å². The van der Waals surface area contributed by atoms with Gasteiger partial charge >= 0.3 is 0 Å². The lowest BCUT2D eigenvalue weighted by atomic mass is 10.2. The molecule has 0 radical (unpaired) electrons. The number of benzene rings is 2. The van der Waals surface area contributed by atoms with Crippen LogP contribution in [0.15, 0.2) is 54.6 Å². The number of nitriles is 1. The van der Waals surface area contributed by atoms with Gasteiger partial charge < -0.3 is 9.64 Å². The smallest absolute Gasteiger partial charge is 0.127 e. The Kier molecular flexibility index (Phi) is 5.02. The third-order valence-electron chi connectivity index (χ3n) is 3.04. The normalized spacial score (nSPS) is 9.80. The summed E-state index contributed by atoms with van der Waals surface area (Å²) in [6.45, 7) is 0.881. The Morgan fingerprint density at radius 2 is 1.65 bits per heavy atom. The zero-order chi connectivity index (χ0) is 14.2. The molecule has 0 bridgehead atoms. The molecule has 2 rings (SSSR count). The molecular weight excluding hydrogens is 248 g/mol. The Morgan fingerprint density at radius 3 is 2.30 bits per heavy atom. The largest absolute Gasteiger partial charge is 0.457 e. The lowest BCUT2D eigenvalue weighted by molar-refractivity contribution is 0.482. The molecular formula is C17H18N2O. The number of nitrogens with zero attached hydrogens (tertiary/aromatic N) is 2. The fraction of sp³-hybridized carbons (Fsp3) is 0.235. The molecule has 0 heterocycles. The van der Waals surface area contributed by atoms with Crippen molar-refractivity contribution in [3.05, 3.63) is 54.6 Å². The summed E-state index contributed by atoms with van der Waals surface area (Å²) < 4.78 is 5.75. The molecule has 3 heteroatoms. The molecule has 0 fully saturated rings. The van der Waals surface area contributed by atoms with Crippen LogP contribution in [0.3, 0.4) is 0 Å². The second kappa shape index (κ2) is 7.20. The number of hydrogen-bond donors (Lipinski definition) is 0. The van der Waals surface area contributed by atoms with Crippen molar-refractivity contribution in [1.29, 1.82) is 5.26 Å². The summed E-state index contributed by atoms with van der Waals surface area (Å²) in [5, 5.41) is 8.54. The third-order valence-corrected chi connectivity index (χ3v) is 3.04. The Balaban J connectivity index is 1.94. The van der Waals surface area contributed by atoms with E-state index in [4.69, 9.17) is 10.00 Å². The van der Waals surface area contributed by atoms with Crippen LogP contribution in [0.2, 0.25) is 0 Å². The van der Waals surface area contributed by atoms with Crippen molar-refractivity contribution in [2.24, 2.45) is 0 Å². The number of unbranched alkanes of at least 4 members (excludes halogenated alkanes) is 1. The second-order valence-electron chi connectivity index (χ2n) is 4.59. The van der Waals surface area contributed by atoms with Gasteiger partial charge in [-0.25, -0.2) is 0 Å². The van der Waals surface area contributed by atoms with Crippen LogP contribution in [0.1, 0.15) is 12.8 Å². The van der Waals surface area contributed by atoms with Gasteiger partial charge in [0.1, 0.15) is 11.5 Å². The van der Waals surface area contributed by atoms with Crippen LogP contribution in [0.25, 0.3) is 0 Å². The first-order valence-corrected chi connectivity index (χ1v) is 6.70. The molecule has 0 atom stereocenters. The fourth-order valence-electron chi connectivity index (χ4n) is 1.92. The topological polar surface area (TPSA) is 36.3 Å². The lowest BCUT2D eigenvalue weighted by Crippen LogP contribution is -2.18. The zero-order valence-electron chi connectivity index (χ0n) is 11.6. The Bertz CT molecular complexity index is 558. The molecule has 20 heavy (non-hydrogen) atoms. The van der Waals surface area contributed by atoms with Gasteiger partial charge in [0.2, 0.25) is 0 Å². The van der Waals surface area contributed by atoms with Gasteiger partial charge in [0.15, 0.2) is 0 Å². The summed E-state index contributed by atoms with van der Waals surface area (Å²) in [7, 11) is 2.03. The van der Waals surface area contributed by atoms with E-state index >= 15 is 0 Å². The van der Waals surface area contributed by atoms with Gasteiger partial charge in [0.05, 0.1) is 6.07 Å². The van der Waals surface area contributed by atoms with E-state index in [2.05, 4.69) is 11.0 Å². The summed E-state index contributed by atoms with van der Waals surface area (Å²) in [6.07, 6.45) is 1.48. The van der Waals surface area contributed by atoms with Crippen molar-refractivity contribution >= 4 is 5.69 Å². The molecule has 0 aliphatic rings. The minimum Gasteiger partial charge on any atom is -0.457 e. The lowest BCUT2D eigenvalue weighted by Gasteiger charge is -2.18. The molecule has 2 aromatic carbocycles. The molecule has 2 aromatic rings. The van der Waals surface area contributed by atoms with Gasteiger partial charge in [-0.3, -0.25) is 0 Å². The molecule has 0 aromatic heterocycles. The quantitative estimate of drug-likeness (QED) is 0.734. The Hall–Kier alpha value is -2.47. The standard InChI is InChI=1S/C17H18N2O/c1-19(14-6-5-13-18)15-9-11-17(12-10-15)20-16-7-3-2-4-8-16/h2-4,7-12H,5-6,14H2,1H3. The van der Waals surface area contributed by atoms with E-state index in [1.54, 1.807) is 0 Å². The van der Waals surface area contributed by atoms with Gasteiger partial charge in [-0.05, 0) is 42.8 Å². The van der Waals surface area contributed by atoms with E-state index < -0.39 is 0 Å². The van der Waals surface area contributed by atoms with E-state index in [1.807, 2.05) is 61.6 Å². The highest BCUT2D eigenvalue weighted by atomic mass is 16.5. The van der Waals surface area contributed by atoms with Crippen LogP contribution in [0, 0.1) is 11.3 Å². The summed E-state index contributed by atoms with van der Waals surface area (Å²) in [6, 6.07) is 19.9. The predicted octanol–water partition coefficient (Wildman–Crippen LogP) is 4.22. The van der Waals surface area contributed by atoms with Crippen molar-refractivity contribution in [2.45, 2.75) is 12.8 Å². The first-order chi connectivity index (χ1) is 9.79. The molecule has 0 N–H and O–H groups in total. The molecule has 0 saturated heterocycles. The van der Waals surface area contributed by atoms with Gasteiger partial charge in [0.25, 0.3) is 0 Å². The average molecular weight is 266 g/mol. The predicted molar refractivity (Wildman–Crippen MR) is 81.1 cm³/mol. The summed E-state index contributed by atoms with van der Waals surface area (Å²) >= 11 is 0. The average Bonchev–Trinajstić information content (AvgIpc) is 2.49. The van der Waals surface area contributed by atoms with Crippen molar-refractivity contribution in [3.8, 4) is 17.6 Å². The summed E-state index contributed by atoms with van der Waals surface area (Å²) in [5.74, 6) is 1.66. The van der Waals surface area contributed by atoms with Crippen LogP contribution in [0.4, 0.5) is 5.69 Å². The van der Waals surface area contributed by atoms with E-state index in [-0.39, 0.29) is 0 Å². The monoisotopic (exact) mass is 266 g/mol. The highest BCUT2D eigenvalue weighted by Crippen LogP contribution is 2.23. The van der Waals surface area contributed by atoms with Gasteiger partial charge in [-0.1, -0.05) is 18.2 Å². The van der Waals surface area contributed by atoms with Crippen molar-refractivity contribution < 1.29 is 4.74 Å². The minimum atomic E-state index is 0.597. The molecule has 0 saturated carbocycles. The van der Waals surface area contributed by atoms with Crippen LogP contribution in [0.5, 0.6) is 11.5 Å². The SMILES string of the molecule is CN(CCCC#N)c1ccc(Oc2ccccc2)cc1. The number of para-hydroxylation sites is 1. The maximum absolute atomic E-state index is 8.54. The molecule has 0 spiro atoms. The van der Waals surface area contributed by atoms with E-state index in [0.29, 0.717) is 6.42 Å². The van der Waals surface area contributed by atoms with Gasteiger partial charge in [0, 0.05) is 25.7 Å². The Morgan fingerprint density at radius 1 is 1.00 bits per heavy atom. The first kappa shape index (κ1) is 14.0. The van der Waals surface area contributed by atoms with Crippen LogP contribution in [-0.2, 0) is 0 Å². The third kappa shape index (κ3) is 4.03. The molecule has 0 unspecified atom stereocenters. The fourth-order valence-corrected chi connectivity index (χ4v) is 1.92. The summed E-state index contributed by atoms with van der Waals surface area (Å²) in [5.41, 5.74) is 1.13. The van der Waals surface area contributed by atoms with Gasteiger partial charge in [-0.2, -0.15) is 5.26 Å². The highest BCUT2D eigenvalue weighted by molar-refractivity contribution is 5.49. The number of ether oxygens (including phenoxy) is 1. The second-order valence-corrected chi connectivity index (χ2v) is 4.59. The van der Waals surface area contributed by atoms with Crippen molar-refractivity contribution in [1.82, 2.24) is 0 Å². The molecule has 0 amide bonds. The van der Waals surface area contributed by atoms with Crippen molar-refractivity contribution in [2.75, 3.05) is 18.5 Å². The molecule has 102 valence electrons. The minimum absolute atomic E-state index is 0.597. The van der Waals surface area contributed by atoms with Crippen LogP contribution >= 0.6 is 0 Å². The molecule has 3 nitrogen and oxygen atoms in total. The highest BCUT2D eigenvalue weighted by Gasteiger charge is 2.02. The maximum atomic E-state index is 8.54. The Labute approximate surface area is 120 Å². The first-order valence-electron chi connectivity index (χ1n) is 6.70. The maximum Gasteiger partial charge on any atom is 0.127 e. The van der Waals surface area contributed by atoms with E-state index in [0.717, 1.165) is 30.2 Å². The number of rotatable bonds is 6. The van der Waals surface area contributed by atoms with Crippen LogP contribution < -0.4 is 9.64 Å². The van der Waals surface area contributed by atoms with E-state index in [1.165, 1.54) is 0 Å². The number of hydrogen-bond acceptors (Lipinski definition) is 3. The molecule has 0 aliphatic heterocycles. The van der Waals surface area contributed by atoms with E-state index in [9.17, 15) is 0 Å². The summed E-state index contributed by atoms with van der Waals surface area (Å²) in [4.78, 5) is 2.14. The molecule has 0 aliphatic carbocycles. The van der Waals surface area contributed by atoms with Crippen LogP contribution in [-0.4, -0.2) is 13.6 Å². The van der Waals surface area contributed by atoms with Crippen molar-refractivity contribution in [3.63, 3.8) is 0 Å². The number of anilines is 1.